The van der Waals surface area contributed by atoms with E-state index in [-0.39, 0.29) is 5.92 Å². The maximum absolute atomic E-state index is 3.79. The van der Waals surface area contributed by atoms with Gasteiger partial charge in [-0.05, 0) is 46.3 Å². The number of rotatable bonds is 2. The molecule has 1 aliphatic rings. The highest BCUT2D eigenvalue weighted by Gasteiger charge is 2.33. The average Bonchev–Trinajstić information content (AvgIpc) is 3.56. The fourth-order valence-electron chi connectivity index (χ4n) is 5.23. The first kappa shape index (κ1) is 17.8. The van der Waals surface area contributed by atoms with E-state index in [0.29, 0.717) is 0 Å². The Bertz CT molecular complexity index is 1610. The average molecular weight is 429 g/mol. The Hall–Kier alpha value is -3.82. The molecular formula is C29H20N2S. The summed E-state index contributed by atoms with van der Waals surface area (Å²) in [5, 5.41) is 4.78. The topological polar surface area (TPSA) is 31.6 Å². The van der Waals surface area contributed by atoms with Gasteiger partial charge in [-0.25, -0.2) is 0 Å². The van der Waals surface area contributed by atoms with E-state index in [1.54, 1.807) is 0 Å². The lowest BCUT2D eigenvalue weighted by molar-refractivity contribution is 1.02. The van der Waals surface area contributed by atoms with Crippen LogP contribution < -0.4 is 0 Å². The number of aromatic nitrogens is 2. The van der Waals surface area contributed by atoms with Crippen molar-refractivity contribution in [2.45, 2.75) is 5.92 Å². The predicted molar refractivity (Wildman–Crippen MR) is 135 cm³/mol. The van der Waals surface area contributed by atoms with E-state index in [9.17, 15) is 0 Å². The number of nitrogens with one attached hydrogen (secondary N) is 2. The number of thiophene rings is 1. The summed E-state index contributed by atoms with van der Waals surface area (Å²) < 4.78 is 0. The maximum atomic E-state index is 3.79. The second kappa shape index (κ2) is 6.84. The van der Waals surface area contributed by atoms with E-state index in [4.69, 9.17) is 0 Å². The summed E-state index contributed by atoms with van der Waals surface area (Å²) in [5.74, 6) is 0.157. The van der Waals surface area contributed by atoms with Gasteiger partial charge < -0.3 is 9.97 Å². The minimum Gasteiger partial charge on any atom is -0.355 e. The van der Waals surface area contributed by atoms with Gasteiger partial charge >= 0.3 is 0 Å². The van der Waals surface area contributed by atoms with Crippen molar-refractivity contribution in [1.82, 2.24) is 9.97 Å². The third kappa shape index (κ3) is 2.52. The van der Waals surface area contributed by atoms with Gasteiger partial charge in [-0.3, -0.25) is 0 Å². The lowest BCUT2D eigenvalue weighted by atomic mass is 9.86. The van der Waals surface area contributed by atoms with Crippen molar-refractivity contribution in [2.24, 2.45) is 0 Å². The molecule has 0 radical (unpaired) electrons. The van der Waals surface area contributed by atoms with Crippen LogP contribution >= 0.6 is 11.3 Å². The van der Waals surface area contributed by atoms with Gasteiger partial charge in [0.15, 0.2) is 0 Å². The van der Waals surface area contributed by atoms with Crippen LogP contribution in [0, 0.1) is 0 Å². The minimum atomic E-state index is 0.157. The van der Waals surface area contributed by atoms with Gasteiger partial charge in [0, 0.05) is 43.9 Å². The van der Waals surface area contributed by atoms with E-state index < -0.39 is 0 Å². The fourth-order valence-corrected chi connectivity index (χ4v) is 6.07. The molecule has 0 fully saturated rings. The molecule has 0 bridgehead atoms. The molecule has 0 saturated heterocycles. The highest BCUT2D eigenvalue weighted by Crippen LogP contribution is 2.49. The van der Waals surface area contributed by atoms with Crippen LogP contribution in [0.4, 0.5) is 0 Å². The Morgan fingerprint density at radius 2 is 1.31 bits per heavy atom. The molecule has 1 aliphatic carbocycles. The summed E-state index contributed by atoms with van der Waals surface area (Å²) in [4.78, 5) is 8.89. The molecule has 0 aliphatic heterocycles. The minimum absolute atomic E-state index is 0.157. The van der Waals surface area contributed by atoms with Crippen LogP contribution in [0.15, 0.2) is 96.4 Å². The quantitative estimate of drug-likeness (QED) is 0.282. The summed E-state index contributed by atoms with van der Waals surface area (Å²) in [5.41, 5.74) is 9.94. The molecule has 1 atom stereocenters. The van der Waals surface area contributed by atoms with Crippen LogP contribution in [0.3, 0.4) is 0 Å². The number of fused-ring (bicyclic) bond motifs is 6. The van der Waals surface area contributed by atoms with E-state index in [1.807, 2.05) is 11.3 Å². The van der Waals surface area contributed by atoms with Crippen molar-refractivity contribution in [2.75, 3.05) is 0 Å². The number of para-hydroxylation sites is 2. The SMILES string of the molecule is C1=C(c2ccccc2)c2[nH]c3ccccc3c2C(c2cccs2)c2c1[nH]c1ccccc21. The van der Waals surface area contributed by atoms with Crippen LogP contribution in [-0.4, -0.2) is 9.97 Å². The van der Waals surface area contributed by atoms with Crippen LogP contribution in [0.1, 0.15) is 38.9 Å². The van der Waals surface area contributed by atoms with Gasteiger partial charge in [0.05, 0.1) is 5.69 Å². The second-order valence-electron chi connectivity index (χ2n) is 8.33. The largest absolute Gasteiger partial charge is 0.355 e. The Labute approximate surface area is 189 Å². The van der Waals surface area contributed by atoms with Crippen molar-refractivity contribution in [3.63, 3.8) is 0 Å². The Morgan fingerprint density at radius 1 is 0.625 bits per heavy atom. The fraction of sp³-hybridized carbons (Fsp3) is 0.0345. The molecule has 2 nitrogen and oxygen atoms in total. The van der Waals surface area contributed by atoms with Crippen LogP contribution in [0.5, 0.6) is 0 Å². The molecule has 7 rings (SSSR count). The molecule has 0 saturated carbocycles. The van der Waals surface area contributed by atoms with Gasteiger partial charge in [0.2, 0.25) is 0 Å². The molecule has 32 heavy (non-hydrogen) atoms. The number of aromatic amines is 2. The second-order valence-corrected chi connectivity index (χ2v) is 9.31. The zero-order chi connectivity index (χ0) is 21.1. The van der Waals surface area contributed by atoms with Crippen molar-refractivity contribution >= 4 is 44.8 Å². The number of hydrogen-bond donors (Lipinski definition) is 2. The van der Waals surface area contributed by atoms with Gasteiger partial charge in [-0.2, -0.15) is 0 Å². The molecule has 152 valence electrons. The van der Waals surface area contributed by atoms with Gasteiger partial charge in [-0.15, -0.1) is 11.3 Å². The molecule has 3 heteroatoms. The van der Waals surface area contributed by atoms with Gasteiger partial charge in [-0.1, -0.05) is 72.8 Å². The molecule has 2 N–H and O–H groups in total. The zero-order valence-corrected chi connectivity index (χ0v) is 18.1. The number of benzene rings is 3. The van der Waals surface area contributed by atoms with Crippen molar-refractivity contribution in [3.8, 4) is 0 Å². The molecule has 3 heterocycles. The lowest BCUT2D eigenvalue weighted by Crippen LogP contribution is -2.03. The van der Waals surface area contributed by atoms with Crippen LogP contribution in [0.25, 0.3) is 33.5 Å². The molecule has 6 aromatic rings. The van der Waals surface area contributed by atoms with E-state index >= 15 is 0 Å². The first-order valence-electron chi connectivity index (χ1n) is 10.9. The highest BCUT2D eigenvalue weighted by atomic mass is 32.1. The summed E-state index contributed by atoms with van der Waals surface area (Å²) in [6.07, 6.45) is 2.34. The Kier molecular flexibility index (Phi) is 3.81. The third-order valence-electron chi connectivity index (χ3n) is 6.57. The lowest BCUT2D eigenvalue weighted by Gasteiger charge is -2.17. The smallest absolute Gasteiger partial charge is 0.0514 e. The van der Waals surface area contributed by atoms with Crippen molar-refractivity contribution in [1.29, 1.82) is 0 Å². The Balaban J connectivity index is 1.67. The first-order chi connectivity index (χ1) is 15.9. The number of hydrogen-bond acceptors (Lipinski definition) is 1. The van der Waals surface area contributed by atoms with E-state index in [0.717, 1.165) is 0 Å². The molecule has 3 aromatic carbocycles. The standard InChI is InChI=1S/C29H20N2S/c1-2-9-18(10-3-1)21-17-24-26(19-11-4-6-13-22(19)30-24)28(25-15-8-16-32-25)27-20-12-5-7-14-23(20)31-29(21)27/h1-17,28,30-31H. The summed E-state index contributed by atoms with van der Waals surface area (Å²) in [6, 6.07) is 32.6. The van der Waals surface area contributed by atoms with E-state index in [2.05, 4.69) is 112 Å². The van der Waals surface area contributed by atoms with Crippen LogP contribution in [0.2, 0.25) is 0 Å². The van der Waals surface area contributed by atoms with Crippen molar-refractivity contribution < 1.29 is 0 Å². The predicted octanol–water partition coefficient (Wildman–Crippen LogP) is 7.79. The normalized spacial score (nSPS) is 15.4. The maximum Gasteiger partial charge on any atom is 0.0514 e. The monoisotopic (exact) mass is 428 g/mol. The van der Waals surface area contributed by atoms with Crippen LogP contribution in [-0.2, 0) is 0 Å². The molecular weight excluding hydrogens is 408 g/mol. The molecule has 3 aromatic heterocycles. The molecule has 0 spiro atoms. The molecule has 0 amide bonds. The highest BCUT2D eigenvalue weighted by molar-refractivity contribution is 7.10. The summed E-state index contributed by atoms with van der Waals surface area (Å²) in [7, 11) is 0. The van der Waals surface area contributed by atoms with Crippen molar-refractivity contribution in [3.05, 3.63) is 129 Å². The Morgan fingerprint density at radius 3 is 2.06 bits per heavy atom. The third-order valence-corrected chi connectivity index (χ3v) is 7.51. The zero-order valence-electron chi connectivity index (χ0n) is 17.3. The van der Waals surface area contributed by atoms with E-state index in [1.165, 1.54) is 60.3 Å². The number of H-pyrrole nitrogens is 2. The molecule has 1 unspecified atom stereocenters. The first-order valence-corrected chi connectivity index (χ1v) is 11.8. The summed E-state index contributed by atoms with van der Waals surface area (Å²) >= 11 is 1.84. The van der Waals surface area contributed by atoms with Gasteiger partial charge in [0.25, 0.3) is 0 Å². The summed E-state index contributed by atoms with van der Waals surface area (Å²) in [6.45, 7) is 0. The van der Waals surface area contributed by atoms with Gasteiger partial charge in [0.1, 0.15) is 0 Å².